The molecule has 4 rings (SSSR count). The molecule has 1 amide bonds. The van der Waals surface area contributed by atoms with Crippen molar-refractivity contribution in [2.75, 3.05) is 42.9 Å². The van der Waals surface area contributed by atoms with E-state index in [1.165, 1.54) is 0 Å². The molecule has 8 heteroatoms. The molecule has 8 nitrogen and oxygen atoms in total. The lowest BCUT2D eigenvalue weighted by molar-refractivity contribution is -0.117. The maximum absolute atomic E-state index is 12.6. The van der Waals surface area contributed by atoms with E-state index in [1.807, 2.05) is 34.8 Å². The third kappa shape index (κ3) is 4.69. The summed E-state index contributed by atoms with van der Waals surface area (Å²) in [6.07, 6.45) is 0.899. The highest BCUT2D eigenvalue weighted by Gasteiger charge is 2.24. The number of nitrogens with one attached hydrogen (secondary N) is 1. The van der Waals surface area contributed by atoms with Gasteiger partial charge < -0.3 is 10.2 Å². The minimum atomic E-state index is -0.131. The second-order valence-corrected chi connectivity index (χ2v) is 9.06. The van der Waals surface area contributed by atoms with Gasteiger partial charge in [-0.3, -0.25) is 9.69 Å². The predicted octanol–water partition coefficient (Wildman–Crippen LogP) is 2.74. The first-order valence-corrected chi connectivity index (χ1v) is 10.9. The number of para-hydroxylation sites is 1. The van der Waals surface area contributed by atoms with Crippen LogP contribution in [0.15, 0.2) is 36.4 Å². The SMILES string of the molecule is CCc1ccccc1NC(=O)CN1CCN(c2ccc3nnc(C(C)(C)C)n3n2)CC1. The summed E-state index contributed by atoms with van der Waals surface area (Å²) in [5.74, 6) is 1.80. The molecule has 0 aliphatic carbocycles. The second-order valence-electron chi connectivity index (χ2n) is 9.06. The van der Waals surface area contributed by atoms with Gasteiger partial charge in [-0.1, -0.05) is 45.9 Å². The molecule has 1 N–H and O–H groups in total. The normalized spacial score (nSPS) is 15.4. The molecule has 0 spiro atoms. The Morgan fingerprint density at radius 1 is 1.03 bits per heavy atom. The van der Waals surface area contributed by atoms with Gasteiger partial charge in [0.15, 0.2) is 11.5 Å². The average Bonchev–Trinajstić information content (AvgIpc) is 3.18. The van der Waals surface area contributed by atoms with Crippen LogP contribution in [0.1, 0.15) is 39.1 Å². The van der Waals surface area contributed by atoms with Crippen LogP contribution in [-0.2, 0) is 16.6 Å². The molecule has 1 saturated heterocycles. The van der Waals surface area contributed by atoms with Gasteiger partial charge in [-0.25, -0.2) is 0 Å². The maximum Gasteiger partial charge on any atom is 0.238 e. The highest BCUT2D eigenvalue weighted by molar-refractivity contribution is 5.93. The number of aromatic nitrogens is 4. The van der Waals surface area contributed by atoms with Crippen molar-refractivity contribution < 1.29 is 4.79 Å². The van der Waals surface area contributed by atoms with Gasteiger partial charge in [0.25, 0.3) is 0 Å². The lowest BCUT2D eigenvalue weighted by Gasteiger charge is -2.35. The fraction of sp³-hybridized carbons (Fsp3) is 0.478. The Labute approximate surface area is 183 Å². The molecule has 0 atom stereocenters. The Balaban J connectivity index is 1.37. The van der Waals surface area contributed by atoms with Crippen molar-refractivity contribution in [3.8, 4) is 0 Å². The summed E-state index contributed by atoms with van der Waals surface area (Å²) in [5, 5.41) is 16.4. The number of carbonyl (C=O) groups excluding carboxylic acids is 1. The third-order valence-electron chi connectivity index (χ3n) is 5.66. The van der Waals surface area contributed by atoms with E-state index in [9.17, 15) is 4.79 Å². The van der Waals surface area contributed by atoms with Crippen molar-refractivity contribution in [1.29, 1.82) is 0 Å². The first kappa shape index (κ1) is 21.2. The molecular formula is C23H31N7O. The lowest BCUT2D eigenvalue weighted by atomic mass is 9.96. The van der Waals surface area contributed by atoms with Crippen LogP contribution in [0.5, 0.6) is 0 Å². The first-order chi connectivity index (χ1) is 14.8. The number of hydrogen-bond donors (Lipinski definition) is 1. The van der Waals surface area contributed by atoms with Gasteiger partial charge in [0.05, 0.1) is 6.54 Å². The van der Waals surface area contributed by atoms with Crippen LogP contribution < -0.4 is 10.2 Å². The summed E-state index contributed by atoms with van der Waals surface area (Å²) in [7, 11) is 0. The number of benzene rings is 1. The molecule has 0 bridgehead atoms. The van der Waals surface area contributed by atoms with Crippen LogP contribution in [-0.4, -0.2) is 63.3 Å². The van der Waals surface area contributed by atoms with Crippen molar-refractivity contribution in [2.45, 2.75) is 39.5 Å². The predicted molar refractivity (Wildman–Crippen MR) is 123 cm³/mol. The summed E-state index contributed by atoms with van der Waals surface area (Å²) in [5.41, 5.74) is 2.70. The van der Waals surface area contributed by atoms with E-state index >= 15 is 0 Å². The standard InChI is InChI=1S/C23H31N7O/c1-5-17-8-6-7-9-18(17)24-21(31)16-28-12-14-29(15-13-28)20-11-10-19-25-26-22(23(2,3)4)30(19)27-20/h6-11H,5,12-16H2,1-4H3,(H,24,31). The van der Waals surface area contributed by atoms with Gasteiger partial charge in [0.2, 0.25) is 5.91 Å². The molecule has 1 aromatic carbocycles. The fourth-order valence-electron chi connectivity index (χ4n) is 3.89. The fourth-order valence-corrected chi connectivity index (χ4v) is 3.89. The Morgan fingerprint density at radius 3 is 2.48 bits per heavy atom. The number of nitrogens with zero attached hydrogens (tertiary/aromatic N) is 6. The number of fused-ring (bicyclic) bond motifs is 1. The van der Waals surface area contributed by atoms with Crippen LogP contribution in [0.3, 0.4) is 0 Å². The average molecular weight is 422 g/mol. The summed E-state index contributed by atoms with van der Waals surface area (Å²) in [6, 6.07) is 11.9. The number of carbonyl (C=O) groups is 1. The molecule has 0 radical (unpaired) electrons. The van der Waals surface area contributed by atoms with E-state index in [2.05, 4.69) is 59.1 Å². The zero-order chi connectivity index (χ0) is 22.0. The Bertz CT molecular complexity index is 1060. The van der Waals surface area contributed by atoms with Crippen LogP contribution in [0.4, 0.5) is 11.5 Å². The number of aryl methyl sites for hydroxylation is 1. The Morgan fingerprint density at radius 2 is 1.77 bits per heavy atom. The number of hydrogen-bond acceptors (Lipinski definition) is 6. The highest BCUT2D eigenvalue weighted by atomic mass is 16.2. The lowest BCUT2D eigenvalue weighted by Crippen LogP contribution is -2.49. The summed E-state index contributed by atoms with van der Waals surface area (Å²) in [4.78, 5) is 17.0. The van der Waals surface area contributed by atoms with Gasteiger partial charge in [0, 0.05) is 37.3 Å². The van der Waals surface area contributed by atoms with Gasteiger partial charge in [-0.15, -0.1) is 15.3 Å². The van der Waals surface area contributed by atoms with Crippen LogP contribution in [0, 0.1) is 0 Å². The summed E-state index contributed by atoms with van der Waals surface area (Å²) >= 11 is 0. The maximum atomic E-state index is 12.6. The second kappa shape index (κ2) is 8.63. The minimum absolute atomic E-state index is 0.0354. The quantitative estimate of drug-likeness (QED) is 0.683. The monoisotopic (exact) mass is 421 g/mol. The smallest absolute Gasteiger partial charge is 0.238 e. The largest absolute Gasteiger partial charge is 0.353 e. The molecular weight excluding hydrogens is 390 g/mol. The van der Waals surface area contributed by atoms with E-state index in [0.29, 0.717) is 6.54 Å². The topological polar surface area (TPSA) is 78.7 Å². The highest BCUT2D eigenvalue weighted by Crippen LogP contribution is 2.22. The minimum Gasteiger partial charge on any atom is -0.353 e. The van der Waals surface area contributed by atoms with Crippen LogP contribution in [0.2, 0.25) is 0 Å². The van der Waals surface area contributed by atoms with E-state index < -0.39 is 0 Å². The summed E-state index contributed by atoms with van der Waals surface area (Å²) in [6.45, 7) is 12.1. The molecule has 31 heavy (non-hydrogen) atoms. The van der Waals surface area contributed by atoms with E-state index in [4.69, 9.17) is 5.10 Å². The van der Waals surface area contributed by atoms with E-state index in [0.717, 1.165) is 61.1 Å². The van der Waals surface area contributed by atoms with Crippen molar-refractivity contribution >= 4 is 23.1 Å². The molecule has 3 heterocycles. The first-order valence-electron chi connectivity index (χ1n) is 10.9. The molecule has 1 aliphatic heterocycles. The molecule has 1 aliphatic rings. The van der Waals surface area contributed by atoms with Crippen molar-refractivity contribution in [3.05, 3.63) is 47.8 Å². The zero-order valence-corrected chi connectivity index (χ0v) is 18.8. The van der Waals surface area contributed by atoms with E-state index in [1.54, 1.807) is 0 Å². The Kier molecular flexibility index (Phi) is 5.91. The van der Waals surface area contributed by atoms with Crippen molar-refractivity contribution in [3.63, 3.8) is 0 Å². The van der Waals surface area contributed by atoms with Gasteiger partial charge in [-0.05, 0) is 30.2 Å². The van der Waals surface area contributed by atoms with Crippen molar-refractivity contribution in [1.82, 2.24) is 24.7 Å². The number of rotatable bonds is 5. The van der Waals surface area contributed by atoms with Crippen LogP contribution in [0.25, 0.3) is 5.65 Å². The van der Waals surface area contributed by atoms with Crippen molar-refractivity contribution in [2.24, 2.45) is 0 Å². The number of piperazine rings is 1. The number of anilines is 2. The zero-order valence-electron chi connectivity index (χ0n) is 18.8. The van der Waals surface area contributed by atoms with E-state index in [-0.39, 0.29) is 11.3 Å². The van der Waals surface area contributed by atoms with Gasteiger partial charge >= 0.3 is 0 Å². The molecule has 3 aromatic rings. The molecule has 2 aromatic heterocycles. The third-order valence-corrected chi connectivity index (χ3v) is 5.66. The molecule has 0 saturated carbocycles. The Hall–Kier alpha value is -3.00. The molecule has 0 unspecified atom stereocenters. The van der Waals surface area contributed by atoms with Gasteiger partial charge in [0.1, 0.15) is 5.82 Å². The van der Waals surface area contributed by atoms with Crippen LogP contribution >= 0.6 is 0 Å². The molecule has 164 valence electrons. The van der Waals surface area contributed by atoms with Gasteiger partial charge in [-0.2, -0.15) is 4.52 Å². The summed E-state index contributed by atoms with van der Waals surface area (Å²) < 4.78 is 1.85. The molecule has 1 fully saturated rings. The number of amides is 1.